The lowest BCUT2D eigenvalue weighted by Crippen LogP contribution is -2.28. The van der Waals surface area contributed by atoms with E-state index >= 15 is 0 Å². The highest BCUT2D eigenvalue weighted by molar-refractivity contribution is 14.1. The third-order valence-corrected chi connectivity index (χ3v) is 5.01. The van der Waals surface area contributed by atoms with Gasteiger partial charge in [0, 0.05) is 22.2 Å². The zero-order valence-corrected chi connectivity index (χ0v) is 13.4. The molecule has 1 heterocycles. The van der Waals surface area contributed by atoms with Crippen molar-refractivity contribution in [3.05, 3.63) is 32.4 Å². The van der Waals surface area contributed by atoms with E-state index in [4.69, 9.17) is 11.6 Å². The van der Waals surface area contributed by atoms with Gasteiger partial charge in [-0.05, 0) is 59.5 Å². The minimum Gasteiger partial charge on any atom is -0.338 e. The van der Waals surface area contributed by atoms with Crippen LogP contribution in [0.2, 0.25) is 5.02 Å². The van der Waals surface area contributed by atoms with E-state index in [9.17, 15) is 4.79 Å². The van der Waals surface area contributed by atoms with Crippen molar-refractivity contribution in [3.63, 3.8) is 0 Å². The average molecular weight is 378 g/mol. The molecule has 18 heavy (non-hydrogen) atoms. The molecule has 2 rings (SSSR count). The highest BCUT2D eigenvalue weighted by Crippen LogP contribution is 2.24. The van der Waals surface area contributed by atoms with E-state index in [1.807, 2.05) is 17.0 Å². The summed E-state index contributed by atoms with van der Waals surface area (Å²) in [6.45, 7) is 3.98. The van der Waals surface area contributed by atoms with Crippen LogP contribution in [0.1, 0.15) is 36.5 Å². The molecule has 4 heteroatoms. The first-order chi connectivity index (χ1) is 8.61. The lowest BCUT2D eigenvalue weighted by Gasteiger charge is -2.16. The van der Waals surface area contributed by atoms with E-state index in [0.29, 0.717) is 16.5 Å². The van der Waals surface area contributed by atoms with Crippen LogP contribution in [0.3, 0.4) is 0 Å². The monoisotopic (exact) mass is 377 g/mol. The number of halogens is 2. The van der Waals surface area contributed by atoms with E-state index in [-0.39, 0.29) is 5.91 Å². The predicted molar refractivity (Wildman–Crippen MR) is 83.1 cm³/mol. The number of hydrogen-bond donors (Lipinski definition) is 0. The highest BCUT2D eigenvalue weighted by atomic mass is 127. The molecule has 1 fully saturated rings. The molecular weight excluding hydrogens is 361 g/mol. The van der Waals surface area contributed by atoms with Gasteiger partial charge in [0.2, 0.25) is 0 Å². The first-order valence-electron chi connectivity index (χ1n) is 6.36. The summed E-state index contributed by atoms with van der Waals surface area (Å²) in [5.74, 6) is 0.796. The van der Waals surface area contributed by atoms with Gasteiger partial charge in [-0.1, -0.05) is 24.9 Å². The smallest absolute Gasteiger partial charge is 0.253 e. The normalized spacial score (nSPS) is 19.3. The van der Waals surface area contributed by atoms with E-state index < -0.39 is 0 Å². The van der Waals surface area contributed by atoms with Crippen LogP contribution < -0.4 is 0 Å². The second kappa shape index (κ2) is 6.24. The lowest BCUT2D eigenvalue weighted by molar-refractivity contribution is 0.0786. The van der Waals surface area contributed by atoms with Crippen LogP contribution in [-0.2, 0) is 0 Å². The summed E-state index contributed by atoms with van der Waals surface area (Å²) in [4.78, 5) is 14.3. The first-order valence-corrected chi connectivity index (χ1v) is 7.81. The van der Waals surface area contributed by atoms with E-state index in [2.05, 4.69) is 29.5 Å². The Morgan fingerprint density at radius 1 is 1.56 bits per heavy atom. The van der Waals surface area contributed by atoms with E-state index in [1.165, 1.54) is 12.8 Å². The van der Waals surface area contributed by atoms with Crippen molar-refractivity contribution < 1.29 is 4.79 Å². The van der Waals surface area contributed by atoms with Gasteiger partial charge in [-0.15, -0.1) is 0 Å². The first kappa shape index (κ1) is 14.1. The third-order valence-electron chi connectivity index (χ3n) is 3.44. The summed E-state index contributed by atoms with van der Waals surface area (Å²) in [5.41, 5.74) is 0.706. The molecule has 1 aliphatic rings. The molecule has 0 aliphatic carbocycles. The second-order valence-electron chi connectivity index (χ2n) is 4.82. The second-order valence-corrected chi connectivity index (χ2v) is 6.39. The fraction of sp³-hybridized carbons (Fsp3) is 0.500. The molecule has 0 aromatic heterocycles. The summed E-state index contributed by atoms with van der Waals surface area (Å²) < 4.78 is 0.982. The van der Waals surface area contributed by atoms with Crippen LogP contribution in [0.25, 0.3) is 0 Å². The van der Waals surface area contributed by atoms with Gasteiger partial charge in [-0.25, -0.2) is 0 Å². The van der Waals surface area contributed by atoms with Gasteiger partial charge in [0.15, 0.2) is 0 Å². The fourth-order valence-electron chi connectivity index (χ4n) is 2.47. The summed E-state index contributed by atoms with van der Waals surface area (Å²) in [7, 11) is 0. The Labute approximate surface area is 127 Å². The zero-order chi connectivity index (χ0) is 13.1. The minimum absolute atomic E-state index is 0.118. The van der Waals surface area contributed by atoms with Crippen molar-refractivity contribution in [2.45, 2.75) is 26.2 Å². The van der Waals surface area contributed by atoms with Gasteiger partial charge < -0.3 is 4.90 Å². The van der Waals surface area contributed by atoms with Gasteiger partial charge in [-0.3, -0.25) is 4.79 Å². The van der Waals surface area contributed by atoms with Crippen molar-refractivity contribution in [1.29, 1.82) is 0 Å². The number of nitrogens with zero attached hydrogens (tertiary/aromatic N) is 1. The number of hydrogen-bond acceptors (Lipinski definition) is 1. The van der Waals surface area contributed by atoms with Crippen molar-refractivity contribution in [2.75, 3.05) is 13.1 Å². The molecule has 1 saturated heterocycles. The maximum absolute atomic E-state index is 12.3. The number of rotatable bonds is 3. The molecule has 0 N–H and O–H groups in total. The molecule has 0 spiro atoms. The molecule has 0 saturated carbocycles. The lowest BCUT2D eigenvalue weighted by atomic mass is 10.0. The average Bonchev–Trinajstić information content (AvgIpc) is 2.81. The molecule has 0 radical (unpaired) electrons. The summed E-state index contributed by atoms with van der Waals surface area (Å²) in [6.07, 6.45) is 3.55. The van der Waals surface area contributed by atoms with Crippen LogP contribution in [0, 0.1) is 9.49 Å². The molecule has 2 nitrogen and oxygen atoms in total. The Bertz CT molecular complexity index is 449. The van der Waals surface area contributed by atoms with Crippen molar-refractivity contribution in [3.8, 4) is 0 Å². The molecule has 98 valence electrons. The fourth-order valence-corrected chi connectivity index (χ4v) is 2.99. The van der Waals surface area contributed by atoms with E-state index in [0.717, 1.165) is 23.1 Å². The Morgan fingerprint density at radius 3 is 3.00 bits per heavy atom. The molecule has 1 atom stereocenters. The van der Waals surface area contributed by atoms with Crippen LogP contribution in [0.15, 0.2) is 18.2 Å². The molecule has 0 bridgehead atoms. The Kier molecular flexibility index (Phi) is 4.90. The summed E-state index contributed by atoms with van der Waals surface area (Å²) >= 11 is 8.23. The molecule has 1 aliphatic heterocycles. The van der Waals surface area contributed by atoms with Gasteiger partial charge in [0.25, 0.3) is 5.91 Å². The maximum atomic E-state index is 12.3. The van der Waals surface area contributed by atoms with Crippen LogP contribution >= 0.6 is 34.2 Å². The molecule has 1 aromatic carbocycles. The molecular formula is C14H17ClINO. The maximum Gasteiger partial charge on any atom is 0.253 e. The van der Waals surface area contributed by atoms with Gasteiger partial charge in [0.1, 0.15) is 0 Å². The number of benzene rings is 1. The number of amides is 1. The van der Waals surface area contributed by atoms with Crippen molar-refractivity contribution in [2.24, 2.45) is 5.92 Å². The SMILES string of the molecule is CCCC1CCN(C(=O)c2ccc(I)c(Cl)c2)C1. The Hall–Kier alpha value is -0.290. The van der Waals surface area contributed by atoms with Crippen LogP contribution in [-0.4, -0.2) is 23.9 Å². The number of carbonyl (C=O) groups excluding carboxylic acids is 1. The van der Waals surface area contributed by atoms with E-state index in [1.54, 1.807) is 6.07 Å². The van der Waals surface area contributed by atoms with Crippen LogP contribution in [0.5, 0.6) is 0 Å². The third kappa shape index (κ3) is 3.18. The Balaban J connectivity index is 2.05. The van der Waals surface area contributed by atoms with Gasteiger partial charge >= 0.3 is 0 Å². The summed E-state index contributed by atoms with van der Waals surface area (Å²) in [6, 6.07) is 5.54. The number of likely N-dealkylation sites (tertiary alicyclic amines) is 1. The standard InChI is InChI=1S/C14H17ClINO/c1-2-3-10-6-7-17(9-10)14(18)11-4-5-13(16)12(15)8-11/h4-5,8,10H,2-3,6-7,9H2,1H3. The van der Waals surface area contributed by atoms with Crippen molar-refractivity contribution >= 4 is 40.1 Å². The quantitative estimate of drug-likeness (QED) is 0.723. The van der Waals surface area contributed by atoms with Gasteiger partial charge in [-0.2, -0.15) is 0 Å². The van der Waals surface area contributed by atoms with Gasteiger partial charge in [0.05, 0.1) is 5.02 Å². The molecule has 1 unspecified atom stereocenters. The molecule has 1 amide bonds. The molecule has 1 aromatic rings. The minimum atomic E-state index is 0.118. The topological polar surface area (TPSA) is 20.3 Å². The predicted octanol–water partition coefficient (Wildman–Crippen LogP) is 4.21. The number of carbonyl (C=O) groups is 1. The van der Waals surface area contributed by atoms with Crippen LogP contribution in [0.4, 0.5) is 0 Å². The largest absolute Gasteiger partial charge is 0.338 e. The Morgan fingerprint density at radius 2 is 2.33 bits per heavy atom. The highest BCUT2D eigenvalue weighted by Gasteiger charge is 2.26. The summed E-state index contributed by atoms with van der Waals surface area (Å²) in [5, 5.41) is 0.658. The zero-order valence-electron chi connectivity index (χ0n) is 10.5. The van der Waals surface area contributed by atoms with Crippen molar-refractivity contribution in [1.82, 2.24) is 4.90 Å².